The van der Waals surface area contributed by atoms with Gasteiger partial charge in [-0.25, -0.2) is 0 Å². The van der Waals surface area contributed by atoms with Crippen molar-refractivity contribution in [1.82, 2.24) is 4.90 Å². The first-order chi connectivity index (χ1) is 10.1. The van der Waals surface area contributed by atoms with Crippen LogP contribution in [0.1, 0.15) is 17.0 Å². The second-order valence-electron chi connectivity index (χ2n) is 5.62. The van der Waals surface area contributed by atoms with Crippen molar-refractivity contribution in [3.05, 3.63) is 68.6 Å². The van der Waals surface area contributed by atoms with E-state index in [2.05, 4.69) is 85.3 Å². The lowest BCUT2D eigenvalue weighted by atomic mass is 9.95. The van der Waals surface area contributed by atoms with Gasteiger partial charge in [0.2, 0.25) is 0 Å². The fraction of sp³-hybridized carbons (Fsp3) is 0.294. The van der Waals surface area contributed by atoms with E-state index in [-0.39, 0.29) is 6.04 Å². The lowest BCUT2D eigenvalue weighted by Crippen LogP contribution is -2.28. The first-order valence-electron chi connectivity index (χ1n) is 7.10. The molecule has 1 aliphatic rings. The molecule has 1 fully saturated rings. The monoisotopic (exact) mass is 408 g/mol. The molecule has 4 heteroatoms. The summed E-state index contributed by atoms with van der Waals surface area (Å²) in [6.45, 7) is 2.92. The zero-order valence-electron chi connectivity index (χ0n) is 11.7. The van der Waals surface area contributed by atoms with Crippen LogP contribution in [0.3, 0.4) is 0 Å². The van der Waals surface area contributed by atoms with Crippen molar-refractivity contribution in [1.29, 1.82) is 0 Å². The Kier molecular flexibility index (Phi) is 4.79. The van der Waals surface area contributed by atoms with E-state index in [1.165, 1.54) is 11.1 Å². The summed E-state index contributed by atoms with van der Waals surface area (Å²) in [7, 11) is 0. The van der Waals surface area contributed by atoms with Crippen LogP contribution in [0.2, 0.25) is 0 Å². The van der Waals surface area contributed by atoms with Gasteiger partial charge in [-0.15, -0.1) is 0 Å². The minimum atomic E-state index is 0.180. The molecule has 1 aliphatic heterocycles. The molecule has 0 spiro atoms. The Labute approximate surface area is 142 Å². The average molecular weight is 410 g/mol. The first kappa shape index (κ1) is 15.2. The van der Waals surface area contributed by atoms with Crippen molar-refractivity contribution in [2.75, 3.05) is 13.1 Å². The van der Waals surface area contributed by atoms with Gasteiger partial charge in [-0.05, 0) is 29.3 Å². The summed E-state index contributed by atoms with van der Waals surface area (Å²) in [5.41, 5.74) is 9.04. The van der Waals surface area contributed by atoms with E-state index in [0.29, 0.717) is 5.92 Å². The molecule has 2 N–H and O–H groups in total. The fourth-order valence-electron chi connectivity index (χ4n) is 3.01. The molecule has 2 unspecified atom stereocenters. The molecule has 2 aromatic carbocycles. The van der Waals surface area contributed by atoms with Crippen molar-refractivity contribution in [3.8, 4) is 0 Å². The van der Waals surface area contributed by atoms with Crippen LogP contribution in [-0.4, -0.2) is 24.0 Å². The zero-order chi connectivity index (χ0) is 14.8. The number of rotatable bonds is 3. The normalized spacial score (nSPS) is 22.6. The van der Waals surface area contributed by atoms with Crippen molar-refractivity contribution < 1.29 is 0 Å². The standard InChI is InChI=1S/C17H18Br2N2/c18-13-6-7-16(19)14(8-13)15-10-21(11-17(15)20)9-12-4-2-1-3-5-12/h1-8,15,17H,9-11,20H2. The molecule has 2 atom stereocenters. The smallest absolute Gasteiger partial charge is 0.0250 e. The molecule has 0 radical (unpaired) electrons. The highest BCUT2D eigenvalue weighted by Crippen LogP contribution is 2.34. The number of benzene rings is 2. The van der Waals surface area contributed by atoms with Gasteiger partial charge in [0.25, 0.3) is 0 Å². The Morgan fingerprint density at radius 2 is 1.81 bits per heavy atom. The molecule has 0 bridgehead atoms. The maximum absolute atomic E-state index is 6.40. The van der Waals surface area contributed by atoms with Crippen molar-refractivity contribution in [2.24, 2.45) is 5.73 Å². The Morgan fingerprint density at radius 1 is 1.05 bits per heavy atom. The van der Waals surface area contributed by atoms with Gasteiger partial charge in [-0.1, -0.05) is 62.2 Å². The third kappa shape index (κ3) is 3.57. The summed E-state index contributed by atoms with van der Waals surface area (Å²) in [4.78, 5) is 2.44. The average Bonchev–Trinajstić information content (AvgIpc) is 2.83. The van der Waals surface area contributed by atoms with Crippen LogP contribution in [-0.2, 0) is 6.54 Å². The molecular weight excluding hydrogens is 392 g/mol. The summed E-state index contributed by atoms with van der Waals surface area (Å²) >= 11 is 7.22. The number of halogens is 2. The zero-order valence-corrected chi connectivity index (χ0v) is 14.8. The van der Waals surface area contributed by atoms with E-state index < -0.39 is 0 Å². The largest absolute Gasteiger partial charge is 0.326 e. The molecule has 110 valence electrons. The van der Waals surface area contributed by atoms with Gasteiger partial charge in [-0.2, -0.15) is 0 Å². The van der Waals surface area contributed by atoms with Crippen LogP contribution in [0.4, 0.5) is 0 Å². The highest BCUT2D eigenvalue weighted by molar-refractivity contribution is 9.11. The minimum absolute atomic E-state index is 0.180. The van der Waals surface area contributed by atoms with Gasteiger partial charge in [0.05, 0.1) is 0 Å². The van der Waals surface area contributed by atoms with Gasteiger partial charge in [0.15, 0.2) is 0 Å². The molecule has 0 aliphatic carbocycles. The van der Waals surface area contributed by atoms with Gasteiger partial charge in [0, 0.05) is 40.5 Å². The van der Waals surface area contributed by atoms with Crippen LogP contribution in [0.15, 0.2) is 57.5 Å². The number of nitrogens with zero attached hydrogens (tertiary/aromatic N) is 1. The molecule has 3 rings (SSSR count). The Bertz CT molecular complexity index is 615. The minimum Gasteiger partial charge on any atom is -0.326 e. The quantitative estimate of drug-likeness (QED) is 0.825. The van der Waals surface area contributed by atoms with Gasteiger partial charge in [0.1, 0.15) is 0 Å². The summed E-state index contributed by atoms with van der Waals surface area (Å²) in [5, 5.41) is 0. The van der Waals surface area contributed by atoms with E-state index in [0.717, 1.165) is 28.6 Å². The van der Waals surface area contributed by atoms with E-state index in [4.69, 9.17) is 5.73 Å². The predicted octanol–water partition coefficient (Wildman–Crippen LogP) is 4.14. The third-order valence-corrected chi connectivity index (χ3v) is 5.26. The van der Waals surface area contributed by atoms with Gasteiger partial charge in [-0.3, -0.25) is 4.90 Å². The SMILES string of the molecule is NC1CN(Cc2ccccc2)CC1c1cc(Br)ccc1Br. The van der Waals surface area contributed by atoms with Crippen LogP contribution in [0, 0.1) is 0 Å². The lowest BCUT2D eigenvalue weighted by molar-refractivity contribution is 0.324. The van der Waals surface area contributed by atoms with Crippen molar-refractivity contribution in [3.63, 3.8) is 0 Å². The summed E-state index contributed by atoms with van der Waals surface area (Å²) in [6.07, 6.45) is 0. The van der Waals surface area contributed by atoms with E-state index in [9.17, 15) is 0 Å². The topological polar surface area (TPSA) is 29.3 Å². The van der Waals surface area contributed by atoms with Gasteiger partial charge < -0.3 is 5.73 Å². The van der Waals surface area contributed by atoms with Crippen LogP contribution < -0.4 is 5.73 Å². The Morgan fingerprint density at radius 3 is 2.57 bits per heavy atom. The number of nitrogens with two attached hydrogens (primary N) is 1. The molecule has 21 heavy (non-hydrogen) atoms. The number of likely N-dealkylation sites (tertiary alicyclic amines) is 1. The molecule has 2 nitrogen and oxygen atoms in total. The summed E-state index contributed by atoms with van der Waals surface area (Å²) in [5.74, 6) is 0.376. The molecule has 1 saturated heterocycles. The van der Waals surface area contributed by atoms with Crippen LogP contribution in [0.25, 0.3) is 0 Å². The van der Waals surface area contributed by atoms with E-state index in [1.807, 2.05) is 0 Å². The maximum Gasteiger partial charge on any atom is 0.0250 e. The van der Waals surface area contributed by atoms with Crippen molar-refractivity contribution in [2.45, 2.75) is 18.5 Å². The van der Waals surface area contributed by atoms with Crippen molar-refractivity contribution >= 4 is 31.9 Å². The molecule has 0 aromatic heterocycles. The molecule has 1 heterocycles. The van der Waals surface area contributed by atoms with Crippen LogP contribution in [0.5, 0.6) is 0 Å². The Balaban J connectivity index is 1.75. The predicted molar refractivity (Wildman–Crippen MR) is 94.3 cm³/mol. The maximum atomic E-state index is 6.40. The highest BCUT2D eigenvalue weighted by Gasteiger charge is 2.32. The van der Waals surface area contributed by atoms with E-state index >= 15 is 0 Å². The first-order valence-corrected chi connectivity index (χ1v) is 8.69. The lowest BCUT2D eigenvalue weighted by Gasteiger charge is -2.17. The second kappa shape index (κ2) is 6.61. The number of hydrogen-bond donors (Lipinski definition) is 1. The third-order valence-electron chi connectivity index (χ3n) is 4.05. The molecule has 2 aromatic rings. The highest BCUT2D eigenvalue weighted by atomic mass is 79.9. The number of hydrogen-bond acceptors (Lipinski definition) is 2. The molecular formula is C17H18Br2N2. The van der Waals surface area contributed by atoms with E-state index in [1.54, 1.807) is 0 Å². The van der Waals surface area contributed by atoms with Crippen LogP contribution >= 0.6 is 31.9 Å². The summed E-state index contributed by atoms with van der Waals surface area (Å²) < 4.78 is 2.25. The molecule has 0 saturated carbocycles. The second-order valence-corrected chi connectivity index (χ2v) is 7.39. The van der Waals surface area contributed by atoms with Gasteiger partial charge >= 0.3 is 0 Å². The Hall–Kier alpha value is -0.680. The fourth-order valence-corrected chi connectivity index (χ4v) is 3.93. The summed E-state index contributed by atoms with van der Waals surface area (Å²) in [6, 6.07) is 17.1. The molecule has 0 amide bonds.